The number of carbonyl (C=O) groups excluding carboxylic acids is 1. The smallest absolute Gasteiger partial charge is 0.261 e. The Kier molecular flexibility index (Phi) is 4.17. The van der Waals surface area contributed by atoms with Crippen molar-refractivity contribution in [2.24, 2.45) is 0 Å². The molecular weight excluding hydrogens is 350 g/mol. The van der Waals surface area contributed by atoms with Gasteiger partial charge in [0.1, 0.15) is 0 Å². The number of carbonyl (C=O) groups is 1. The third kappa shape index (κ3) is 3.20. The van der Waals surface area contributed by atoms with Crippen LogP contribution in [0.5, 0.6) is 0 Å². The van der Waals surface area contributed by atoms with E-state index in [1.165, 1.54) is 30.3 Å². The van der Waals surface area contributed by atoms with Gasteiger partial charge in [0.05, 0.1) is 16.6 Å². The van der Waals surface area contributed by atoms with E-state index < -0.39 is 16.0 Å². The molecule has 0 aliphatic rings. The van der Waals surface area contributed by atoms with E-state index in [-0.39, 0.29) is 21.2 Å². The van der Waals surface area contributed by atoms with Crippen molar-refractivity contribution in [3.05, 3.63) is 71.2 Å². The minimum Gasteiger partial charge on any atom is -0.545 e. The quantitative estimate of drug-likeness (QED) is 0.775. The zero-order valence-electron chi connectivity index (χ0n) is 12.2. The first kappa shape index (κ1) is 16.3. The number of nitrogens with one attached hydrogen (secondary N) is 1. The molecule has 0 amide bonds. The van der Waals surface area contributed by atoms with Gasteiger partial charge in [0, 0.05) is 10.6 Å². The summed E-state index contributed by atoms with van der Waals surface area (Å²) >= 11 is 5.83. The Bertz CT molecular complexity index is 1050. The zero-order valence-corrected chi connectivity index (χ0v) is 13.8. The fourth-order valence-corrected chi connectivity index (χ4v) is 3.59. The summed E-state index contributed by atoms with van der Waals surface area (Å²) in [5.41, 5.74) is -0.431. The van der Waals surface area contributed by atoms with Crippen LogP contribution in [0.3, 0.4) is 0 Å². The van der Waals surface area contributed by atoms with Crippen LogP contribution in [-0.4, -0.2) is 14.4 Å². The van der Waals surface area contributed by atoms with Crippen LogP contribution >= 0.6 is 11.6 Å². The van der Waals surface area contributed by atoms with Crippen molar-refractivity contribution in [2.45, 2.75) is 4.90 Å². The second-order valence-corrected chi connectivity index (χ2v) is 7.21. The minimum atomic E-state index is -3.98. The molecule has 24 heavy (non-hydrogen) atoms. The van der Waals surface area contributed by atoms with Crippen LogP contribution in [0.15, 0.2) is 65.6 Å². The van der Waals surface area contributed by atoms with Crippen molar-refractivity contribution in [1.29, 1.82) is 0 Å². The molecule has 0 fully saturated rings. The van der Waals surface area contributed by atoms with E-state index in [0.29, 0.717) is 0 Å². The summed E-state index contributed by atoms with van der Waals surface area (Å²) in [6.07, 6.45) is 0. The van der Waals surface area contributed by atoms with Gasteiger partial charge in [-0.2, -0.15) is 0 Å². The molecule has 0 radical (unpaired) electrons. The second-order valence-electron chi connectivity index (χ2n) is 5.09. The maximum atomic E-state index is 12.6. The number of halogens is 1. The van der Waals surface area contributed by atoms with Crippen molar-refractivity contribution < 1.29 is 18.3 Å². The molecule has 0 saturated heterocycles. The third-order valence-corrected chi connectivity index (χ3v) is 5.08. The molecule has 0 unspecified atom stereocenters. The molecule has 0 bridgehead atoms. The van der Waals surface area contributed by atoms with Gasteiger partial charge in [0.15, 0.2) is 0 Å². The summed E-state index contributed by atoms with van der Waals surface area (Å²) in [6.45, 7) is 0. The average Bonchev–Trinajstić information content (AvgIpc) is 2.53. The molecule has 0 saturated carbocycles. The normalized spacial score (nSPS) is 11.4. The van der Waals surface area contributed by atoms with Crippen molar-refractivity contribution in [3.8, 4) is 0 Å². The molecule has 0 spiro atoms. The Balaban J connectivity index is 2.05. The molecular formula is C17H11ClNO4S-. The van der Waals surface area contributed by atoms with Gasteiger partial charge in [-0.25, -0.2) is 8.42 Å². The van der Waals surface area contributed by atoms with Gasteiger partial charge in [-0.15, -0.1) is 0 Å². The fraction of sp³-hybridized carbons (Fsp3) is 0. The lowest BCUT2D eigenvalue weighted by Crippen LogP contribution is -2.25. The summed E-state index contributed by atoms with van der Waals surface area (Å²) < 4.78 is 27.4. The first-order chi connectivity index (χ1) is 11.4. The van der Waals surface area contributed by atoms with Crippen molar-refractivity contribution >= 4 is 44.1 Å². The standard InChI is InChI=1S/C17H12ClNO4S/c18-13-6-8-15(17(20)21)16(10-13)19-24(22,23)14-7-5-11-3-1-2-4-12(11)9-14/h1-10,19H,(H,20,21)/p-1. The van der Waals surface area contributed by atoms with Gasteiger partial charge < -0.3 is 9.90 Å². The van der Waals surface area contributed by atoms with E-state index in [0.717, 1.165) is 10.8 Å². The molecule has 122 valence electrons. The van der Waals surface area contributed by atoms with Crippen molar-refractivity contribution in [3.63, 3.8) is 0 Å². The number of aromatic carboxylic acids is 1. The summed E-state index contributed by atoms with van der Waals surface area (Å²) in [5.74, 6) is -1.50. The Labute approximate surface area is 143 Å². The van der Waals surface area contributed by atoms with E-state index in [2.05, 4.69) is 4.72 Å². The Morgan fingerprint density at radius 3 is 2.38 bits per heavy atom. The van der Waals surface area contributed by atoms with Crippen LogP contribution in [0.4, 0.5) is 5.69 Å². The highest BCUT2D eigenvalue weighted by molar-refractivity contribution is 7.92. The van der Waals surface area contributed by atoms with Gasteiger partial charge in [-0.3, -0.25) is 4.72 Å². The number of carboxylic acids is 1. The SMILES string of the molecule is O=C([O-])c1ccc(Cl)cc1NS(=O)(=O)c1ccc2ccccc2c1. The first-order valence-corrected chi connectivity index (χ1v) is 8.75. The molecule has 0 heterocycles. The van der Waals surface area contributed by atoms with Crippen molar-refractivity contribution in [2.75, 3.05) is 4.72 Å². The third-order valence-electron chi connectivity index (χ3n) is 3.48. The van der Waals surface area contributed by atoms with E-state index >= 15 is 0 Å². The number of hydrogen-bond acceptors (Lipinski definition) is 4. The van der Waals surface area contributed by atoms with E-state index in [4.69, 9.17) is 11.6 Å². The van der Waals surface area contributed by atoms with Crippen molar-refractivity contribution in [1.82, 2.24) is 0 Å². The van der Waals surface area contributed by atoms with Gasteiger partial charge >= 0.3 is 0 Å². The number of anilines is 1. The molecule has 0 aliphatic carbocycles. The molecule has 3 rings (SSSR count). The number of hydrogen-bond donors (Lipinski definition) is 1. The second kappa shape index (κ2) is 6.14. The maximum Gasteiger partial charge on any atom is 0.261 e. The van der Waals surface area contributed by atoms with Gasteiger partial charge in [0.25, 0.3) is 10.0 Å². The van der Waals surface area contributed by atoms with Crippen LogP contribution in [0, 0.1) is 0 Å². The number of carboxylic acid groups (broad SMARTS) is 1. The predicted octanol–water partition coefficient (Wildman–Crippen LogP) is 2.66. The zero-order chi connectivity index (χ0) is 17.3. The molecule has 0 aromatic heterocycles. The lowest BCUT2D eigenvalue weighted by atomic mass is 10.1. The van der Waals surface area contributed by atoms with E-state index in [1.54, 1.807) is 18.2 Å². The Morgan fingerprint density at radius 2 is 1.67 bits per heavy atom. The van der Waals surface area contributed by atoms with E-state index in [1.807, 2.05) is 12.1 Å². The molecule has 3 aromatic carbocycles. The van der Waals surface area contributed by atoms with Crippen LogP contribution < -0.4 is 9.83 Å². The van der Waals surface area contributed by atoms with Gasteiger partial charge in [-0.1, -0.05) is 41.9 Å². The summed E-state index contributed by atoms with van der Waals surface area (Å²) in [7, 11) is -3.98. The first-order valence-electron chi connectivity index (χ1n) is 6.89. The number of sulfonamides is 1. The lowest BCUT2D eigenvalue weighted by molar-refractivity contribution is -0.254. The largest absolute Gasteiger partial charge is 0.545 e. The van der Waals surface area contributed by atoms with Crippen LogP contribution in [0.25, 0.3) is 10.8 Å². The summed E-state index contributed by atoms with van der Waals surface area (Å²) in [5, 5.41) is 13.0. The van der Waals surface area contributed by atoms with Crippen LogP contribution in [0.1, 0.15) is 10.4 Å². The molecule has 3 aromatic rings. The maximum absolute atomic E-state index is 12.6. The van der Waals surface area contributed by atoms with Gasteiger partial charge in [-0.05, 0) is 41.1 Å². The summed E-state index contributed by atoms with van der Waals surface area (Å²) in [4.78, 5) is 11.2. The topological polar surface area (TPSA) is 86.3 Å². The monoisotopic (exact) mass is 360 g/mol. The average molecular weight is 361 g/mol. The molecule has 7 heteroatoms. The number of rotatable bonds is 4. The molecule has 1 N–H and O–H groups in total. The highest BCUT2D eigenvalue weighted by Gasteiger charge is 2.17. The Hall–Kier alpha value is -2.57. The Morgan fingerprint density at radius 1 is 0.958 bits per heavy atom. The highest BCUT2D eigenvalue weighted by atomic mass is 35.5. The molecule has 0 atom stereocenters. The van der Waals surface area contributed by atoms with Crippen LogP contribution in [0.2, 0.25) is 5.02 Å². The minimum absolute atomic E-state index is 0.0190. The number of fused-ring (bicyclic) bond motifs is 1. The fourth-order valence-electron chi connectivity index (χ4n) is 2.32. The predicted molar refractivity (Wildman–Crippen MR) is 90.5 cm³/mol. The lowest BCUT2D eigenvalue weighted by Gasteiger charge is -2.14. The van der Waals surface area contributed by atoms with E-state index in [9.17, 15) is 18.3 Å². The number of benzene rings is 3. The van der Waals surface area contributed by atoms with Crippen LogP contribution in [-0.2, 0) is 10.0 Å². The summed E-state index contributed by atoms with van der Waals surface area (Å²) in [6, 6.07) is 15.7. The molecule has 0 aliphatic heterocycles. The van der Waals surface area contributed by atoms with Gasteiger partial charge in [0.2, 0.25) is 0 Å². The highest BCUT2D eigenvalue weighted by Crippen LogP contribution is 2.25. The molecule has 5 nitrogen and oxygen atoms in total.